The summed E-state index contributed by atoms with van der Waals surface area (Å²) in [6.45, 7) is 0. The van der Waals surface area contributed by atoms with Gasteiger partial charge in [0.05, 0.1) is 23.6 Å². The first-order valence-electron chi connectivity index (χ1n) is 8.63. The molecule has 3 aromatic rings. The Kier molecular flexibility index (Phi) is 4.56. The van der Waals surface area contributed by atoms with E-state index in [0.717, 1.165) is 5.56 Å². The molecule has 2 N–H and O–H groups in total. The monoisotopic (exact) mass is 395 g/mol. The van der Waals surface area contributed by atoms with Gasteiger partial charge in [-0.1, -0.05) is 42.5 Å². The summed E-state index contributed by atoms with van der Waals surface area (Å²) in [5.41, 5.74) is 3.26. The van der Waals surface area contributed by atoms with Crippen LogP contribution in [0, 0.1) is 0 Å². The van der Waals surface area contributed by atoms with Gasteiger partial charge in [-0.25, -0.2) is 18.4 Å². The Morgan fingerprint density at radius 1 is 1.00 bits per heavy atom. The molecule has 0 spiro atoms. The highest BCUT2D eigenvalue weighted by Crippen LogP contribution is 2.32. The number of carbonyl (C=O) groups is 1. The lowest BCUT2D eigenvalue weighted by Gasteiger charge is -2.12. The Bertz CT molecular complexity index is 1140. The average Bonchev–Trinajstić information content (AvgIpc) is 2.98. The fourth-order valence-electron chi connectivity index (χ4n) is 3.12. The normalized spacial score (nSPS) is 14.4. The molecule has 0 bridgehead atoms. The molecule has 0 atom stereocenters. The molecule has 0 unspecified atom stereocenters. The Morgan fingerprint density at radius 3 is 2.39 bits per heavy atom. The molecule has 0 amide bonds. The SMILES string of the molecule is O=C(O)Cc1ccc(Nc2nc(-c3ccccc3)nc3c2CS(=O)(=O)C3)cc1. The van der Waals surface area contributed by atoms with Crippen molar-refractivity contribution >= 4 is 27.3 Å². The zero-order valence-corrected chi connectivity index (χ0v) is 15.6. The number of carboxylic acids is 1. The maximum atomic E-state index is 12.1. The molecule has 0 saturated heterocycles. The quantitative estimate of drug-likeness (QED) is 0.683. The number of nitrogens with zero attached hydrogens (tertiary/aromatic N) is 2. The van der Waals surface area contributed by atoms with Crippen LogP contribution < -0.4 is 5.32 Å². The highest BCUT2D eigenvalue weighted by Gasteiger charge is 2.30. The second-order valence-electron chi connectivity index (χ2n) is 6.61. The summed E-state index contributed by atoms with van der Waals surface area (Å²) in [6.07, 6.45) is -0.0560. The fraction of sp³-hybridized carbons (Fsp3) is 0.150. The molecule has 142 valence electrons. The third-order valence-electron chi connectivity index (χ3n) is 4.42. The minimum Gasteiger partial charge on any atom is -0.481 e. The molecule has 2 heterocycles. The first-order chi connectivity index (χ1) is 13.4. The van der Waals surface area contributed by atoms with Gasteiger partial charge in [0.15, 0.2) is 15.7 Å². The number of hydrogen-bond donors (Lipinski definition) is 2. The number of nitrogens with one attached hydrogen (secondary N) is 1. The molecule has 0 radical (unpaired) electrons. The second-order valence-corrected chi connectivity index (χ2v) is 8.68. The van der Waals surface area contributed by atoms with Crippen LogP contribution in [0.3, 0.4) is 0 Å². The lowest BCUT2D eigenvalue weighted by atomic mass is 10.1. The Hall–Kier alpha value is -3.26. The van der Waals surface area contributed by atoms with Crippen LogP contribution in [0.15, 0.2) is 54.6 Å². The van der Waals surface area contributed by atoms with Crippen LogP contribution >= 0.6 is 0 Å². The van der Waals surface area contributed by atoms with E-state index in [-0.39, 0.29) is 17.9 Å². The van der Waals surface area contributed by atoms with Gasteiger partial charge >= 0.3 is 5.97 Å². The summed E-state index contributed by atoms with van der Waals surface area (Å²) in [6, 6.07) is 16.3. The number of aliphatic carboxylic acids is 1. The van der Waals surface area contributed by atoms with Crippen LogP contribution in [0.5, 0.6) is 0 Å². The Balaban J connectivity index is 1.72. The average molecular weight is 395 g/mol. The summed E-state index contributed by atoms with van der Waals surface area (Å²) in [5, 5.41) is 12.0. The predicted molar refractivity (Wildman–Crippen MR) is 105 cm³/mol. The maximum Gasteiger partial charge on any atom is 0.307 e. The van der Waals surface area contributed by atoms with E-state index >= 15 is 0 Å². The van der Waals surface area contributed by atoms with Gasteiger partial charge in [0, 0.05) is 16.8 Å². The van der Waals surface area contributed by atoms with Crippen molar-refractivity contribution in [2.75, 3.05) is 5.32 Å². The lowest BCUT2D eigenvalue weighted by molar-refractivity contribution is -0.136. The lowest BCUT2D eigenvalue weighted by Crippen LogP contribution is -2.04. The highest BCUT2D eigenvalue weighted by molar-refractivity contribution is 7.90. The van der Waals surface area contributed by atoms with Crippen LogP contribution in [0.2, 0.25) is 0 Å². The molecular weight excluding hydrogens is 378 g/mol. The molecule has 0 saturated carbocycles. The third kappa shape index (κ3) is 3.86. The summed E-state index contributed by atoms with van der Waals surface area (Å²) in [4.78, 5) is 19.9. The van der Waals surface area contributed by atoms with Crippen LogP contribution in [-0.4, -0.2) is 29.5 Å². The summed E-state index contributed by atoms with van der Waals surface area (Å²) in [5.74, 6) is -0.183. The first kappa shape index (κ1) is 18.1. The van der Waals surface area contributed by atoms with Gasteiger partial charge in [0.25, 0.3) is 0 Å². The van der Waals surface area contributed by atoms with Crippen molar-refractivity contribution in [3.8, 4) is 11.4 Å². The molecular formula is C20H17N3O4S. The molecule has 1 aromatic heterocycles. The van der Waals surface area contributed by atoms with Crippen molar-refractivity contribution < 1.29 is 18.3 Å². The van der Waals surface area contributed by atoms with Gasteiger partial charge < -0.3 is 10.4 Å². The smallest absolute Gasteiger partial charge is 0.307 e. The summed E-state index contributed by atoms with van der Waals surface area (Å²) < 4.78 is 24.3. The largest absolute Gasteiger partial charge is 0.481 e. The van der Waals surface area contributed by atoms with E-state index in [0.29, 0.717) is 34.2 Å². The number of carboxylic acid groups (broad SMARTS) is 1. The number of fused-ring (bicyclic) bond motifs is 1. The minimum atomic E-state index is -3.25. The molecule has 7 nitrogen and oxygen atoms in total. The molecule has 0 aliphatic carbocycles. The van der Waals surface area contributed by atoms with Crippen LogP contribution in [0.25, 0.3) is 11.4 Å². The number of sulfone groups is 1. The van der Waals surface area contributed by atoms with Crippen LogP contribution in [-0.2, 0) is 32.6 Å². The maximum absolute atomic E-state index is 12.1. The van der Waals surface area contributed by atoms with Gasteiger partial charge in [-0.15, -0.1) is 0 Å². The zero-order chi connectivity index (χ0) is 19.7. The minimum absolute atomic E-state index is 0.0560. The van der Waals surface area contributed by atoms with Crippen molar-refractivity contribution in [3.63, 3.8) is 0 Å². The van der Waals surface area contributed by atoms with Gasteiger partial charge in [0.2, 0.25) is 0 Å². The van der Waals surface area contributed by atoms with E-state index in [1.807, 2.05) is 30.3 Å². The van der Waals surface area contributed by atoms with Gasteiger partial charge in [-0.2, -0.15) is 0 Å². The molecule has 0 fully saturated rings. The van der Waals surface area contributed by atoms with Crippen molar-refractivity contribution in [3.05, 3.63) is 71.4 Å². The molecule has 1 aliphatic rings. The molecule has 1 aliphatic heterocycles. The van der Waals surface area contributed by atoms with E-state index in [9.17, 15) is 13.2 Å². The second kappa shape index (κ2) is 7.05. The fourth-order valence-corrected chi connectivity index (χ4v) is 4.62. The topological polar surface area (TPSA) is 109 Å². The molecule has 8 heteroatoms. The molecule has 4 rings (SSSR count). The van der Waals surface area contributed by atoms with Crippen molar-refractivity contribution in [1.82, 2.24) is 9.97 Å². The van der Waals surface area contributed by atoms with Crippen LogP contribution in [0.4, 0.5) is 11.5 Å². The van der Waals surface area contributed by atoms with E-state index in [2.05, 4.69) is 15.3 Å². The van der Waals surface area contributed by atoms with Crippen LogP contribution in [0.1, 0.15) is 16.8 Å². The number of rotatable bonds is 5. The number of benzene rings is 2. The number of aromatic nitrogens is 2. The number of anilines is 2. The van der Waals surface area contributed by atoms with Gasteiger partial charge in [-0.05, 0) is 17.7 Å². The standard InChI is InChI=1S/C20H17N3O4S/c24-18(25)10-13-6-8-15(9-7-13)21-20-16-11-28(26,27)12-17(16)22-19(23-20)14-4-2-1-3-5-14/h1-9H,10-12H2,(H,24,25)(H,21,22,23). The Labute approximate surface area is 162 Å². The van der Waals surface area contributed by atoms with E-state index in [4.69, 9.17) is 5.11 Å². The van der Waals surface area contributed by atoms with E-state index in [1.165, 1.54) is 0 Å². The molecule has 2 aromatic carbocycles. The van der Waals surface area contributed by atoms with Crippen molar-refractivity contribution in [2.24, 2.45) is 0 Å². The summed E-state index contributed by atoms with van der Waals surface area (Å²) >= 11 is 0. The predicted octanol–water partition coefficient (Wildman–Crippen LogP) is 2.94. The van der Waals surface area contributed by atoms with E-state index in [1.54, 1.807) is 24.3 Å². The highest BCUT2D eigenvalue weighted by atomic mass is 32.2. The first-order valence-corrected chi connectivity index (χ1v) is 10.5. The van der Waals surface area contributed by atoms with Gasteiger partial charge in [-0.3, -0.25) is 4.79 Å². The third-order valence-corrected chi connectivity index (χ3v) is 5.86. The number of hydrogen-bond acceptors (Lipinski definition) is 6. The van der Waals surface area contributed by atoms with Crippen molar-refractivity contribution in [2.45, 2.75) is 17.9 Å². The zero-order valence-electron chi connectivity index (χ0n) is 14.8. The summed E-state index contributed by atoms with van der Waals surface area (Å²) in [7, 11) is -3.25. The van der Waals surface area contributed by atoms with E-state index < -0.39 is 15.8 Å². The Morgan fingerprint density at radius 2 is 1.71 bits per heavy atom. The van der Waals surface area contributed by atoms with Gasteiger partial charge in [0.1, 0.15) is 5.82 Å². The molecule has 28 heavy (non-hydrogen) atoms. The van der Waals surface area contributed by atoms with Crippen molar-refractivity contribution in [1.29, 1.82) is 0 Å².